The van der Waals surface area contributed by atoms with E-state index in [1.165, 1.54) is 11.1 Å². The quantitative estimate of drug-likeness (QED) is 0.820. The largest absolute Gasteiger partial charge is 0.492 e. The average Bonchev–Trinajstić information content (AvgIpc) is 2.49. The summed E-state index contributed by atoms with van der Waals surface area (Å²) in [5, 5.41) is 3.57. The maximum atomic E-state index is 11.9. The van der Waals surface area contributed by atoms with Gasteiger partial charge in [-0.3, -0.25) is 4.79 Å². The van der Waals surface area contributed by atoms with Crippen LogP contribution in [0.2, 0.25) is 10.0 Å². The van der Waals surface area contributed by atoms with E-state index in [-0.39, 0.29) is 5.91 Å². The number of rotatable bonds is 5. The predicted molar refractivity (Wildman–Crippen MR) is 90.2 cm³/mol. The van der Waals surface area contributed by atoms with Crippen LogP contribution in [0.5, 0.6) is 5.75 Å². The van der Waals surface area contributed by atoms with E-state index in [0.717, 1.165) is 5.75 Å². The van der Waals surface area contributed by atoms with Crippen molar-refractivity contribution in [3.8, 4) is 5.75 Å². The van der Waals surface area contributed by atoms with Crippen molar-refractivity contribution in [2.24, 2.45) is 0 Å². The second-order valence-electron chi connectivity index (χ2n) is 4.98. The monoisotopic (exact) mass is 337 g/mol. The number of carbonyl (C=O) groups is 1. The van der Waals surface area contributed by atoms with E-state index in [4.69, 9.17) is 27.9 Å². The van der Waals surface area contributed by atoms with Crippen molar-refractivity contribution in [2.75, 3.05) is 13.2 Å². The molecule has 0 bridgehead atoms. The maximum Gasteiger partial charge on any atom is 0.251 e. The Labute approximate surface area is 140 Å². The Kier molecular flexibility index (Phi) is 5.69. The van der Waals surface area contributed by atoms with Crippen LogP contribution in [0.15, 0.2) is 36.4 Å². The van der Waals surface area contributed by atoms with E-state index in [0.29, 0.717) is 28.8 Å². The molecule has 2 rings (SSSR count). The average molecular weight is 338 g/mol. The Morgan fingerprint density at radius 2 is 1.82 bits per heavy atom. The summed E-state index contributed by atoms with van der Waals surface area (Å²) in [6.45, 7) is 4.90. The highest BCUT2D eigenvalue weighted by Crippen LogP contribution is 2.22. The lowest BCUT2D eigenvalue weighted by molar-refractivity contribution is 0.0947. The van der Waals surface area contributed by atoms with Gasteiger partial charge in [0.25, 0.3) is 5.91 Å². The van der Waals surface area contributed by atoms with Gasteiger partial charge in [0.1, 0.15) is 12.4 Å². The molecule has 0 fully saturated rings. The number of aryl methyl sites for hydroxylation is 2. The van der Waals surface area contributed by atoms with Crippen LogP contribution in [0.4, 0.5) is 0 Å². The molecule has 0 aliphatic carbocycles. The number of carbonyl (C=O) groups excluding carboxylic acids is 1. The van der Waals surface area contributed by atoms with E-state index in [2.05, 4.69) is 12.2 Å². The van der Waals surface area contributed by atoms with Gasteiger partial charge in [0.15, 0.2) is 0 Å². The third-order valence-electron chi connectivity index (χ3n) is 3.32. The van der Waals surface area contributed by atoms with Gasteiger partial charge in [-0.15, -0.1) is 0 Å². The normalized spacial score (nSPS) is 10.4. The Hall–Kier alpha value is -1.71. The van der Waals surface area contributed by atoms with Gasteiger partial charge in [0.05, 0.1) is 16.6 Å². The third-order valence-corrected chi connectivity index (χ3v) is 4.06. The molecule has 5 heteroatoms. The Balaban J connectivity index is 1.81. The molecule has 0 aliphatic rings. The number of amides is 1. The Bertz CT molecular complexity index is 686. The van der Waals surface area contributed by atoms with Crippen LogP contribution in [0.3, 0.4) is 0 Å². The van der Waals surface area contributed by atoms with Crippen LogP contribution >= 0.6 is 23.2 Å². The smallest absolute Gasteiger partial charge is 0.251 e. The minimum atomic E-state index is -0.206. The van der Waals surface area contributed by atoms with Gasteiger partial charge >= 0.3 is 0 Å². The summed E-state index contributed by atoms with van der Waals surface area (Å²) in [6, 6.07) is 10.7. The van der Waals surface area contributed by atoms with E-state index in [1.54, 1.807) is 18.2 Å². The molecule has 0 unspecified atom stereocenters. The molecule has 2 aromatic carbocycles. The van der Waals surface area contributed by atoms with Gasteiger partial charge in [-0.1, -0.05) is 29.3 Å². The number of nitrogens with one attached hydrogen (secondary N) is 1. The molecule has 0 heterocycles. The first-order chi connectivity index (χ1) is 10.5. The lowest BCUT2D eigenvalue weighted by Crippen LogP contribution is -2.28. The molecule has 116 valence electrons. The summed E-state index contributed by atoms with van der Waals surface area (Å²) in [5.41, 5.74) is 2.87. The molecule has 1 N–H and O–H groups in total. The van der Waals surface area contributed by atoms with Crippen LogP contribution in [0.1, 0.15) is 21.5 Å². The Morgan fingerprint density at radius 1 is 1.05 bits per heavy atom. The lowest BCUT2D eigenvalue weighted by atomic mass is 10.1. The van der Waals surface area contributed by atoms with Crippen LogP contribution < -0.4 is 10.1 Å². The third kappa shape index (κ3) is 4.39. The number of halogens is 2. The van der Waals surface area contributed by atoms with Gasteiger partial charge in [-0.2, -0.15) is 0 Å². The molecule has 0 spiro atoms. The van der Waals surface area contributed by atoms with Crippen molar-refractivity contribution in [3.05, 3.63) is 63.1 Å². The zero-order chi connectivity index (χ0) is 16.1. The van der Waals surface area contributed by atoms with Crippen molar-refractivity contribution in [1.29, 1.82) is 0 Å². The molecule has 3 nitrogen and oxygen atoms in total. The first kappa shape index (κ1) is 16.7. The van der Waals surface area contributed by atoms with Gasteiger partial charge in [-0.25, -0.2) is 0 Å². The van der Waals surface area contributed by atoms with Gasteiger partial charge in [-0.05, 0) is 55.3 Å². The molecule has 0 saturated heterocycles. The van der Waals surface area contributed by atoms with Crippen molar-refractivity contribution < 1.29 is 9.53 Å². The molecule has 0 radical (unpaired) electrons. The van der Waals surface area contributed by atoms with E-state index in [9.17, 15) is 4.79 Å². The van der Waals surface area contributed by atoms with E-state index < -0.39 is 0 Å². The minimum absolute atomic E-state index is 0.206. The maximum absolute atomic E-state index is 11.9. The second kappa shape index (κ2) is 7.52. The van der Waals surface area contributed by atoms with Crippen LogP contribution in [-0.4, -0.2) is 19.1 Å². The highest BCUT2D eigenvalue weighted by atomic mass is 35.5. The minimum Gasteiger partial charge on any atom is -0.492 e. The molecule has 22 heavy (non-hydrogen) atoms. The number of hydrogen-bond donors (Lipinski definition) is 1. The summed E-state index contributed by atoms with van der Waals surface area (Å²) < 4.78 is 5.61. The van der Waals surface area contributed by atoms with E-state index in [1.807, 2.05) is 25.1 Å². The molecule has 1 amide bonds. The van der Waals surface area contributed by atoms with Crippen molar-refractivity contribution in [1.82, 2.24) is 5.32 Å². The first-order valence-electron chi connectivity index (χ1n) is 6.90. The van der Waals surface area contributed by atoms with Gasteiger partial charge < -0.3 is 10.1 Å². The molecular formula is C17H17Cl2NO2. The standard InChI is InChI=1S/C17H17Cl2NO2/c1-11-3-5-14(9-12(11)2)22-8-7-20-17(21)13-4-6-15(18)16(19)10-13/h3-6,9-10H,7-8H2,1-2H3,(H,20,21). The summed E-state index contributed by atoms with van der Waals surface area (Å²) in [6.07, 6.45) is 0. The summed E-state index contributed by atoms with van der Waals surface area (Å²) >= 11 is 11.7. The van der Waals surface area contributed by atoms with Crippen LogP contribution in [0.25, 0.3) is 0 Å². The first-order valence-corrected chi connectivity index (χ1v) is 7.66. The lowest BCUT2D eigenvalue weighted by Gasteiger charge is -2.09. The van der Waals surface area contributed by atoms with Crippen LogP contribution in [0, 0.1) is 13.8 Å². The molecular weight excluding hydrogens is 321 g/mol. The van der Waals surface area contributed by atoms with Gasteiger partial charge in [0.2, 0.25) is 0 Å². The van der Waals surface area contributed by atoms with Gasteiger partial charge in [0, 0.05) is 5.56 Å². The Morgan fingerprint density at radius 3 is 2.50 bits per heavy atom. The molecule has 0 aliphatic heterocycles. The topological polar surface area (TPSA) is 38.3 Å². The highest BCUT2D eigenvalue weighted by molar-refractivity contribution is 6.42. The van der Waals surface area contributed by atoms with Crippen molar-refractivity contribution >= 4 is 29.1 Å². The zero-order valence-electron chi connectivity index (χ0n) is 12.5. The fourth-order valence-electron chi connectivity index (χ4n) is 1.88. The zero-order valence-corrected chi connectivity index (χ0v) is 14.0. The molecule has 2 aromatic rings. The second-order valence-corrected chi connectivity index (χ2v) is 5.79. The predicted octanol–water partition coefficient (Wildman–Crippen LogP) is 4.42. The SMILES string of the molecule is Cc1ccc(OCCNC(=O)c2ccc(Cl)c(Cl)c2)cc1C. The van der Waals surface area contributed by atoms with Crippen molar-refractivity contribution in [2.45, 2.75) is 13.8 Å². The fraction of sp³-hybridized carbons (Fsp3) is 0.235. The van der Waals surface area contributed by atoms with E-state index >= 15 is 0 Å². The van der Waals surface area contributed by atoms with Crippen molar-refractivity contribution in [3.63, 3.8) is 0 Å². The number of ether oxygens (including phenoxy) is 1. The highest BCUT2D eigenvalue weighted by Gasteiger charge is 2.07. The summed E-state index contributed by atoms with van der Waals surface area (Å²) in [5.74, 6) is 0.592. The summed E-state index contributed by atoms with van der Waals surface area (Å²) in [4.78, 5) is 11.9. The number of hydrogen-bond acceptors (Lipinski definition) is 2. The van der Waals surface area contributed by atoms with Crippen LogP contribution in [-0.2, 0) is 0 Å². The number of benzene rings is 2. The molecule has 0 atom stereocenters. The fourth-order valence-corrected chi connectivity index (χ4v) is 2.17. The summed E-state index contributed by atoms with van der Waals surface area (Å²) in [7, 11) is 0. The molecule has 0 saturated carbocycles. The molecule has 0 aromatic heterocycles.